The number of aromatic nitrogens is 3. The largest absolute Gasteiger partial charge is 0.348 e. The van der Waals surface area contributed by atoms with E-state index < -0.39 is 0 Å². The first-order valence-electron chi connectivity index (χ1n) is 9.53. The molecule has 0 spiro atoms. The molecule has 3 aromatic heterocycles. The Labute approximate surface area is 171 Å². The van der Waals surface area contributed by atoms with Crippen LogP contribution in [-0.2, 0) is 6.54 Å². The van der Waals surface area contributed by atoms with Gasteiger partial charge in [0.2, 0.25) is 0 Å². The monoisotopic (exact) mass is 396 g/mol. The summed E-state index contributed by atoms with van der Waals surface area (Å²) in [4.78, 5) is 24.2. The molecule has 0 radical (unpaired) electrons. The molecule has 5 rings (SSSR count). The first-order valence-corrected chi connectivity index (χ1v) is 9.53. The first kappa shape index (κ1) is 18.0. The number of fused-ring (bicyclic) bond motifs is 2. The number of nitrogens with one attached hydrogen (secondary N) is 2. The van der Waals surface area contributed by atoms with E-state index in [0.29, 0.717) is 34.2 Å². The normalized spacial score (nSPS) is 11.1. The second-order valence-electron chi connectivity index (χ2n) is 7.02. The van der Waals surface area contributed by atoms with E-state index >= 15 is 0 Å². The second-order valence-corrected chi connectivity index (χ2v) is 7.02. The molecule has 0 unspecified atom stereocenters. The van der Waals surface area contributed by atoms with E-state index in [-0.39, 0.29) is 11.7 Å². The van der Waals surface area contributed by atoms with E-state index in [4.69, 9.17) is 0 Å². The Morgan fingerprint density at radius 3 is 2.77 bits per heavy atom. The van der Waals surface area contributed by atoms with Gasteiger partial charge in [-0.3, -0.25) is 9.78 Å². The fraction of sp³-hybridized carbons (Fsp3) is 0.0417. The number of carbonyl (C=O) groups excluding carboxylic acids is 1. The third-order valence-corrected chi connectivity index (χ3v) is 5.06. The predicted octanol–water partition coefficient (Wildman–Crippen LogP) is 4.85. The minimum Gasteiger partial charge on any atom is -0.348 e. The summed E-state index contributed by atoms with van der Waals surface area (Å²) in [6, 6.07) is 18.4. The molecule has 3 heterocycles. The van der Waals surface area contributed by atoms with E-state index in [9.17, 15) is 9.18 Å². The van der Waals surface area contributed by atoms with Gasteiger partial charge in [0.1, 0.15) is 17.0 Å². The highest BCUT2D eigenvalue weighted by atomic mass is 19.1. The zero-order valence-electron chi connectivity index (χ0n) is 15.9. The Balaban J connectivity index is 1.50. The van der Waals surface area contributed by atoms with Gasteiger partial charge in [-0.1, -0.05) is 36.4 Å². The van der Waals surface area contributed by atoms with Crippen molar-refractivity contribution in [3.63, 3.8) is 0 Å². The topological polar surface area (TPSA) is 70.7 Å². The summed E-state index contributed by atoms with van der Waals surface area (Å²) in [5.74, 6) is -0.600. The molecule has 0 aliphatic heterocycles. The predicted molar refractivity (Wildman–Crippen MR) is 114 cm³/mol. The lowest BCUT2D eigenvalue weighted by Crippen LogP contribution is -2.22. The fourth-order valence-electron chi connectivity index (χ4n) is 3.55. The van der Waals surface area contributed by atoms with Crippen molar-refractivity contribution in [1.29, 1.82) is 0 Å². The first-order chi connectivity index (χ1) is 14.7. The van der Waals surface area contributed by atoms with E-state index in [1.807, 2.05) is 42.5 Å². The number of benzene rings is 2. The smallest absolute Gasteiger partial charge is 0.253 e. The van der Waals surface area contributed by atoms with Crippen LogP contribution in [0.25, 0.3) is 33.1 Å². The second kappa shape index (κ2) is 7.40. The van der Waals surface area contributed by atoms with Crippen molar-refractivity contribution in [3.05, 3.63) is 96.2 Å². The molecule has 1 amide bonds. The van der Waals surface area contributed by atoms with E-state index in [0.717, 1.165) is 16.5 Å². The average molecular weight is 396 g/mol. The molecule has 6 heteroatoms. The number of halogens is 1. The van der Waals surface area contributed by atoms with Gasteiger partial charge >= 0.3 is 0 Å². The van der Waals surface area contributed by atoms with Crippen LogP contribution in [0.1, 0.15) is 15.9 Å². The zero-order chi connectivity index (χ0) is 20.5. The maximum Gasteiger partial charge on any atom is 0.253 e. The van der Waals surface area contributed by atoms with Gasteiger partial charge in [0.15, 0.2) is 0 Å². The van der Waals surface area contributed by atoms with E-state index in [2.05, 4.69) is 20.3 Å². The van der Waals surface area contributed by atoms with Gasteiger partial charge in [-0.15, -0.1) is 0 Å². The van der Waals surface area contributed by atoms with Crippen molar-refractivity contribution >= 4 is 27.8 Å². The number of aromatic amines is 1. The molecule has 0 aliphatic carbocycles. The molecule has 0 bridgehead atoms. The van der Waals surface area contributed by atoms with Crippen LogP contribution in [-0.4, -0.2) is 20.9 Å². The quantitative estimate of drug-likeness (QED) is 0.456. The van der Waals surface area contributed by atoms with E-state index in [1.165, 1.54) is 12.3 Å². The maximum absolute atomic E-state index is 14.6. The van der Waals surface area contributed by atoms with Crippen molar-refractivity contribution in [3.8, 4) is 11.1 Å². The summed E-state index contributed by atoms with van der Waals surface area (Å²) in [6.45, 7) is 0.431. The van der Waals surface area contributed by atoms with Crippen molar-refractivity contribution < 1.29 is 9.18 Å². The van der Waals surface area contributed by atoms with Crippen molar-refractivity contribution in [2.45, 2.75) is 6.54 Å². The summed E-state index contributed by atoms with van der Waals surface area (Å²) < 4.78 is 14.6. The molecule has 2 N–H and O–H groups in total. The van der Waals surface area contributed by atoms with Gasteiger partial charge in [-0.25, -0.2) is 9.37 Å². The Kier molecular flexibility index (Phi) is 4.44. The molecule has 0 aliphatic rings. The van der Waals surface area contributed by atoms with Gasteiger partial charge in [0.25, 0.3) is 5.91 Å². The highest BCUT2D eigenvalue weighted by Gasteiger charge is 2.14. The molecular formula is C24H17FN4O. The Bertz CT molecular complexity index is 1380. The Hall–Kier alpha value is -4.06. The summed E-state index contributed by atoms with van der Waals surface area (Å²) in [5.41, 5.74) is 3.91. The van der Waals surface area contributed by atoms with Crippen LogP contribution in [0.5, 0.6) is 0 Å². The standard InChI is InChI=1S/C24H17FN4O/c25-21-11-17(9-16-7-4-8-26-22(16)21)20-14-28-23-19(20)10-18(13-27-23)24(30)29-12-15-5-2-1-3-6-15/h1-11,13-14H,12H2,(H,27,28)(H,29,30). The molecule has 0 atom stereocenters. The third-order valence-electron chi connectivity index (χ3n) is 5.06. The number of hydrogen-bond donors (Lipinski definition) is 2. The fourth-order valence-corrected chi connectivity index (χ4v) is 3.55. The number of nitrogens with zero attached hydrogens (tertiary/aromatic N) is 2. The SMILES string of the molecule is O=C(NCc1ccccc1)c1cnc2[nH]cc(-c3cc(F)c4ncccc4c3)c2c1. The van der Waals surface area contributed by atoms with Gasteiger partial charge in [-0.05, 0) is 35.4 Å². The van der Waals surface area contributed by atoms with Gasteiger partial charge in [0, 0.05) is 41.5 Å². The molecule has 0 saturated heterocycles. The lowest BCUT2D eigenvalue weighted by molar-refractivity contribution is 0.0950. The number of rotatable bonds is 4. The van der Waals surface area contributed by atoms with Crippen LogP contribution in [0.3, 0.4) is 0 Å². The number of amides is 1. The lowest BCUT2D eigenvalue weighted by atomic mass is 10.0. The molecule has 0 saturated carbocycles. The van der Waals surface area contributed by atoms with E-state index in [1.54, 1.807) is 24.5 Å². The van der Waals surface area contributed by atoms with Crippen LogP contribution in [0.4, 0.5) is 4.39 Å². The minimum atomic E-state index is -0.387. The van der Waals surface area contributed by atoms with Crippen LogP contribution in [0.2, 0.25) is 0 Å². The number of H-pyrrole nitrogens is 1. The summed E-state index contributed by atoms with van der Waals surface area (Å²) in [6.07, 6.45) is 4.88. The van der Waals surface area contributed by atoms with Crippen molar-refractivity contribution in [1.82, 2.24) is 20.3 Å². The zero-order valence-corrected chi connectivity index (χ0v) is 15.9. The maximum atomic E-state index is 14.6. The Morgan fingerprint density at radius 2 is 1.90 bits per heavy atom. The third kappa shape index (κ3) is 3.28. The highest BCUT2D eigenvalue weighted by molar-refractivity contribution is 6.01. The van der Waals surface area contributed by atoms with Crippen molar-refractivity contribution in [2.75, 3.05) is 0 Å². The lowest BCUT2D eigenvalue weighted by Gasteiger charge is -2.07. The molecule has 146 valence electrons. The summed E-state index contributed by atoms with van der Waals surface area (Å²) >= 11 is 0. The minimum absolute atomic E-state index is 0.214. The van der Waals surface area contributed by atoms with Gasteiger partial charge in [-0.2, -0.15) is 0 Å². The molecule has 5 nitrogen and oxygen atoms in total. The molecule has 5 aromatic rings. The summed E-state index contributed by atoms with van der Waals surface area (Å²) in [5, 5.41) is 4.38. The molecule has 2 aromatic carbocycles. The van der Waals surface area contributed by atoms with Crippen LogP contribution in [0, 0.1) is 5.82 Å². The summed E-state index contributed by atoms with van der Waals surface area (Å²) in [7, 11) is 0. The van der Waals surface area contributed by atoms with Gasteiger partial charge < -0.3 is 10.3 Å². The van der Waals surface area contributed by atoms with Crippen LogP contribution < -0.4 is 5.32 Å². The van der Waals surface area contributed by atoms with Gasteiger partial charge in [0.05, 0.1) is 5.56 Å². The number of hydrogen-bond acceptors (Lipinski definition) is 3. The highest BCUT2D eigenvalue weighted by Crippen LogP contribution is 2.31. The molecular weight excluding hydrogens is 379 g/mol. The van der Waals surface area contributed by atoms with Crippen LogP contribution in [0.15, 0.2) is 79.3 Å². The Morgan fingerprint density at radius 1 is 1.03 bits per heavy atom. The molecule has 30 heavy (non-hydrogen) atoms. The average Bonchev–Trinajstić information content (AvgIpc) is 3.21. The van der Waals surface area contributed by atoms with Crippen molar-refractivity contribution in [2.24, 2.45) is 0 Å². The van der Waals surface area contributed by atoms with Crippen LogP contribution >= 0.6 is 0 Å². The molecule has 0 fully saturated rings. The number of carbonyl (C=O) groups is 1. The number of pyridine rings is 2.